The number of carboxylic acids is 1. The van der Waals surface area contributed by atoms with Gasteiger partial charge in [-0.1, -0.05) is 6.92 Å². The Kier molecular flexibility index (Phi) is 4.80. The van der Waals surface area contributed by atoms with E-state index in [1.54, 1.807) is 6.07 Å². The van der Waals surface area contributed by atoms with E-state index in [0.717, 1.165) is 19.4 Å². The number of carboxylic acid groups (broad SMARTS) is 1. The van der Waals surface area contributed by atoms with Gasteiger partial charge in [-0.2, -0.15) is 0 Å². The molecule has 114 valence electrons. The first-order valence-electron chi connectivity index (χ1n) is 6.97. The fraction of sp³-hybridized carbons (Fsp3) is 0.467. The number of methoxy groups -OCH3 is 1. The molecule has 21 heavy (non-hydrogen) atoms. The van der Waals surface area contributed by atoms with E-state index in [9.17, 15) is 9.59 Å². The summed E-state index contributed by atoms with van der Waals surface area (Å²) >= 11 is 0. The summed E-state index contributed by atoms with van der Waals surface area (Å²) in [5, 5.41) is 15.0. The van der Waals surface area contributed by atoms with E-state index in [2.05, 4.69) is 17.6 Å². The normalized spacial score (nSPS) is 21.6. The highest BCUT2D eigenvalue weighted by atomic mass is 16.5. The van der Waals surface area contributed by atoms with Gasteiger partial charge in [0.15, 0.2) is 0 Å². The number of carbonyl (C=O) groups excluding carboxylic acids is 1. The molecule has 1 aromatic carbocycles. The summed E-state index contributed by atoms with van der Waals surface area (Å²) in [6, 6.07) is 4.30. The standard InChI is InChI=1S/C15H20N2O4/c1-9-5-6-16-12(7-9)14(18)17-10-3-4-11(15(19)20)13(8-10)21-2/h3-4,8-9,12,16H,5-7H2,1-2H3,(H,17,18)(H,19,20). The molecule has 1 fully saturated rings. The molecule has 1 heterocycles. The number of rotatable bonds is 4. The van der Waals surface area contributed by atoms with Gasteiger partial charge in [-0.3, -0.25) is 4.79 Å². The fourth-order valence-electron chi connectivity index (χ4n) is 2.48. The van der Waals surface area contributed by atoms with E-state index >= 15 is 0 Å². The summed E-state index contributed by atoms with van der Waals surface area (Å²) in [7, 11) is 1.40. The molecule has 1 aliphatic heterocycles. The van der Waals surface area contributed by atoms with Gasteiger partial charge in [0.2, 0.25) is 5.91 Å². The Morgan fingerprint density at radius 2 is 2.19 bits per heavy atom. The zero-order valence-electron chi connectivity index (χ0n) is 12.2. The molecule has 6 nitrogen and oxygen atoms in total. The molecule has 0 bridgehead atoms. The number of nitrogens with one attached hydrogen (secondary N) is 2. The molecular weight excluding hydrogens is 272 g/mol. The molecule has 6 heteroatoms. The average Bonchev–Trinajstić information content (AvgIpc) is 2.46. The molecule has 1 aromatic rings. The number of benzene rings is 1. The van der Waals surface area contributed by atoms with Crippen LogP contribution in [0.4, 0.5) is 5.69 Å². The van der Waals surface area contributed by atoms with Crippen molar-refractivity contribution in [1.82, 2.24) is 5.32 Å². The van der Waals surface area contributed by atoms with Crippen molar-refractivity contribution in [2.75, 3.05) is 19.0 Å². The molecule has 0 saturated carbocycles. The number of carbonyl (C=O) groups is 2. The number of anilines is 1. The van der Waals surface area contributed by atoms with Crippen LogP contribution in [0.3, 0.4) is 0 Å². The monoisotopic (exact) mass is 292 g/mol. The molecule has 2 atom stereocenters. The number of ether oxygens (including phenoxy) is 1. The van der Waals surface area contributed by atoms with Gasteiger partial charge in [-0.25, -0.2) is 4.79 Å². The van der Waals surface area contributed by atoms with Gasteiger partial charge in [-0.05, 0) is 37.4 Å². The minimum Gasteiger partial charge on any atom is -0.496 e. The molecule has 0 aromatic heterocycles. The lowest BCUT2D eigenvalue weighted by molar-refractivity contribution is -0.119. The largest absolute Gasteiger partial charge is 0.496 e. The van der Waals surface area contributed by atoms with Gasteiger partial charge in [0.25, 0.3) is 0 Å². The molecular formula is C15H20N2O4. The maximum Gasteiger partial charge on any atom is 0.339 e. The van der Waals surface area contributed by atoms with E-state index in [0.29, 0.717) is 11.6 Å². The van der Waals surface area contributed by atoms with E-state index in [1.165, 1.54) is 19.2 Å². The maximum atomic E-state index is 12.2. The van der Waals surface area contributed by atoms with Crippen LogP contribution in [0.25, 0.3) is 0 Å². The lowest BCUT2D eigenvalue weighted by Gasteiger charge is -2.27. The van der Waals surface area contributed by atoms with Crippen LogP contribution in [-0.2, 0) is 4.79 Å². The molecule has 0 aliphatic carbocycles. The van der Waals surface area contributed by atoms with Crippen LogP contribution in [0.1, 0.15) is 30.1 Å². The van der Waals surface area contributed by atoms with Crippen LogP contribution in [0.15, 0.2) is 18.2 Å². The van der Waals surface area contributed by atoms with E-state index in [4.69, 9.17) is 9.84 Å². The lowest BCUT2D eigenvalue weighted by atomic mass is 9.94. The number of aromatic carboxylic acids is 1. The van der Waals surface area contributed by atoms with Crippen molar-refractivity contribution < 1.29 is 19.4 Å². The first kappa shape index (κ1) is 15.3. The third-order valence-corrected chi connectivity index (χ3v) is 3.68. The Morgan fingerprint density at radius 1 is 1.43 bits per heavy atom. The average molecular weight is 292 g/mol. The molecule has 1 amide bonds. The number of hydrogen-bond donors (Lipinski definition) is 3. The number of amides is 1. The van der Waals surface area contributed by atoms with Crippen LogP contribution in [0, 0.1) is 5.92 Å². The maximum absolute atomic E-state index is 12.2. The van der Waals surface area contributed by atoms with Gasteiger partial charge < -0.3 is 20.5 Å². The second-order valence-electron chi connectivity index (χ2n) is 5.35. The highest BCUT2D eigenvalue weighted by molar-refractivity contribution is 5.96. The molecule has 3 N–H and O–H groups in total. The molecule has 1 aliphatic rings. The van der Waals surface area contributed by atoms with Crippen molar-refractivity contribution in [3.05, 3.63) is 23.8 Å². The van der Waals surface area contributed by atoms with Crippen molar-refractivity contribution in [2.24, 2.45) is 5.92 Å². The molecule has 0 radical (unpaired) electrons. The Hall–Kier alpha value is -2.08. The van der Waals surface area contributed by atoms with Crippen LogP contribution < -0.4 is 15.4 Å². The Balaban J connectivity index is 2.08. The highest BCUT2D eigenvalue weighted by Crippen LogP contribution is 2.24. The molecule has 1 saturated heterocycles. The van der Waals surface area contributed by atoms with Crippen molar-refractivity contribution >= 4 is 17.6 Å². The van der Waals surface area contributed by atoms with Crippen LogP contribution in [0.5, 0.6) is 5.75 Å². The second kappa shape index (κ2) is 6.58. The van der Waals surface area contributed by atoms with Crippen LogP contribution in [0.2, 0.25) is 0 Å². The first-order valence-corrected chi connectivity index (χ1v) is 6.97. The number of piperidine rings is 1. The quantitative estimate of drug-likeness (QED) is 0.786. The third kappa shape index (κ3) is 3.72. The van der Waals surface area contributed by atoms with Crippen molar-refractivity contribution in [3.63, 3.8) is 0 Å². The van der Waals surface area contributed by atoms with Gasteiger partial charge in [-0.15, -0.1) is 0 Å². The minimum atomic E-state index is -1.06. The summed E-state index contributed by atoms with van der Waals surface area (Å²) in [5.74, 6) is -0.421. The zero-order chi connectivity index (χ0) is 15.4. The summed E-state index contributed by atoms with van der Waals surface area (Å²) < 4.78 is 5.04. The van der Waals surface area contributed by atoms with Gasteiger partial charge in [0, 0.05) is 11.8 Å². The molecule has 2 rings (SSSR count). The minimum absolute atomic E-state index is 0.0694. The van der Waals surface area contributed by atoms with Crippen LogP contribution >= 0.6 is 0 Å². The Bertz CT molecular complexity index is 544. The van der Waals surface area contributed by atoms with E-state index < -0.39 is 5.97 Å². The predicted molar refractivity (Wildman–Crippen MR) is 78.8 cm³/mol. The van der Waals surface area contributed by atoms with Gasteiger partial charge in [0.05, 0.1) is 13.2 Å². The van der Waals surface area contributed by atoms with E-state index in [-0.39, 0.29) is 23.3 Å². The van der Waals surface area contributed by atoms with Gasteiger partial charge in [0.1, 0.15) is 11.3 Å². The highest BCUT2D eigenvalue weighted by Gasteiger charge is 2.24. The van der Waals surface area contributed by atoms with E-state index in [1.807, 2.05) is 0 Å². The first-order chi connectivity index (χ1) is 10.0. The lowest BCUT2D eigenvalue weighted by Crippen LogP contribution is -2.45. The fourth-order valence-corrected chi connectivity index (χ4v) is 2.48. The topological polar surface area (TPSA) is 87.7 Å². The number of hydrogen-bond acceptors (Lipinski definition) is 4. The van der Waals surface area contributed by atoms with Crippen molar-refractivity contribution in [3.8, 4) is 5.75 Å². The Labute approximate surface area is 123 Å². The summed E-state index contributed by atoms with van der Waals surface area (Å²) in [6.45, 7) is 2.96. The SMILES string of the molecule is COc1cc(NC(=O)C2CC(C)CCN2)ccc1C(=O)O. The summed E-state index contributed by atoms with van der Waals surface area (Å²) in [5.41, 5.74) is 0.599. The van der Waals surface area contributed by atoms with Crippen molar-refractivity contribution in [2.45, 2.75) is 25.8 Å². The molecule has 0 spiro atoms. The smallest absolute Gasteiger partial charge is 0.339 e. The second-order valence-corrected chi connectivity index (χ2v) is 5.35. The summed E-state index contributed by atoms with van der Waals surface area (Å²) in [4.78, 5) is 23.2. The molecule has 2 unspecified atom stereocenters. The Morgan fingerprint density at radius 3 is 2.81 bits per heavy atom. The summed E-state index contributed by atoms with van der Waals surface area (Å²) in [6.07, 6.45) is 1.88. The van der Waals surface area contributed by atoms with Crippen LogP contribution in [-0.4, -0.2) is 36.7 Å². The third-order valence-electron chi connectivity index (χ3n) is 3.68. The van der Waals surface area contributed by atoms with Gasteiger partial charge >= 0.3 is 5.97 Å². The van der Waals surface area contributed by atoms with Crippen molar-refractivity contribution in [1.29, 1.82) is 0 Å². The predicted octanol–water partition coefficient (Wildman–Crippen LogP) is 1.72. The zero-order valence-corrected chi connectivity index (χ0v) is 12.2.